The molecule has 0 unspecified atom stereocenters. The lowest BCUT2D eigenvalue weighted by Gasteiger charge is -2.34. The molecular weight excluding hydrogens is 350 g/mol. The molecule has 0 spiro atoms. The number of nitrogens with zero attached hydrogens (tertiary/aromatic N) is 3. The van der Waals surface area contributed by atoms with E-state index in [9.17, 15) is 4.79 Å². The van der Waals surface area contributed by atoms with E-state index < -0.39 is 0 Å². The third kappa shape index (κ3) is 3.70. The molecule has 21 heavy (non-hydrogen) atoms. The number of rotatable bonds is 3. The molecule has 6 heteroatoms. The lowest BCUT2D eigenvalue weighted by molar-refractivity contribution is 0.0628. The van der Waals surface area contributed by atoms with Gasteiger partial charge in [0, 0.05) is 44.5 Å². The van der Waals surface area contributed by atoms with Crippen molar-refractivity contribution in [2.75, 3.05) is 26.2 Å². The predicted molar refractivity (Wildman–Crippen MR) is 87.4 cm³/mol. The Labute approximate surface area is 136 Å². The molecule has 110 valence electrons. The predicted octanol–water partition coefficient (Wildman–Crippen LogP) is 2.86. The van der Waals surface area contributed by atoms with Crippen molar-refractivity contribution in [2.45, 2.75) is 6.54 Å². The van der Waals surface area contributed by atoms with Crippen LogP contribution in [0.15, 0.2) is 39.8 Å². The van der Waals surface area contributed by atoms with E-state index >= 15 is 0 Å². The molecule has 0 atom stereocenters. The van der Waals surface area contributed by atoms with Crippen molar-refractivity contribution < 1.29 is 4.79 Å². The number of halogens is 1. The highest BCUT2D eigenvalue weighted by molar-refractivity contribution is 9.10. The zero-order valence-corrected chi connectivity index (χ0v) is 13.9. The minimum absolute atomic E-state index is 0.0910. The first-order chi connectivity index (χ1) is 10.2. The molecule has 1 aliphatic heterocycles. The summed E-state index contributed by atoms with van der Waals surface area (Å²) in [6, 6.07) is 5.71. The summed E-state index contributed by atoms with van der Waals surface area (Å²) in [7, 11) is 0. The third-order valence-corrected chi connectivity index (χ3v) is 4.79. The Balaban J connectivity index is 1.57. The summed E-state index contributed by atoms with van der Waals surface area (Å²) < 4.78 is 0.699. The molecule has 0 aliphatic carbocycles. The van der Waals surface area contributed by atoms with E-state index in [1.54, 1.807) is 29.7 Å². The maximum atomic E-state index is 12.4. The number of hydrogen-bond donors (Lipinski definition) is 0. The lowest BCUT2D eigenvalue weighted by atomic mass is 10.2. The molecule has 0 bridgehead atoms. The Morgan fingerprint density at radius 3 is 2.76 bits per heavy atom. The average molecular weight is 366 g/mol. The van der Waals surface area contributed by atoms with Gasteiger partial charge in [0.05, 0.1) is 0 Å². The van der Waals surface area contributed by atoms with E-state index in [-0.39, 0.29) is 5.91 Å². The van der Waals surface area contributed by atoms with Gasteiger partial charge in [0.1, 0.15) is 4.60 Å². The molecule has 0 aromatic carbocycles. The number of pyridine rings is 1. The summed E-state index contributed by atoms with van der Waals surface area (Å²) in [5.41, 5.74) is 2.06. The molecule has 1 aliphatic rings. The summed E-state index contributed by atoms with van der Waals surface area (Å²) in [5.74, 6) is 0.0910. The summed E-state index contributed by atoms with van der Waals surface area (Å²) in [4.78, 5) is 20.8. The van der Waals surface area contributed by atoms with Gasteiger partial charge in [-0.3, -0.25) is 9.69 Å². The van der Waals surface area contributed by atoms with E-state index in [1.165, 1.54) is 5.56 Å². The van der Waals surface area contributed by atoms with Crippen LogP contribution in [-0.2, 0) is 6.54 Å². The first kappa shape index (κ1) is 14.7. The normalized spacial score (nSPS) is 16.1. The van der Waals surface area contributed by atoms with Gasteiger partial charge >= 0.3 is 0 Å². The number of thiophene rings is 1. The highest BCUT2D eigenvalue weighted by Crippen LogP contribution is 2.14. The van der Waals surface area contributed by atoms with Crippen LogP contribution in [0.4, 0.5) is 0 Å². The topological polar surface area (TPSA) is 36.4 Å². The van der Waals surface area contributed by atoms with Crippen LogP contribution in [0, 0.1) is 0 Å². The SMILES string of the molecule is O=C(c1ccnc(Br)c1)N1CCN(Cc2ccsc2)CC1. The molecule has 3 rings (SSSR count). The van der Waals surface area contributed by atoms with Crippen LogP contribution in [0.25, 0.3) is 0 Å². The number of carbonyl (C=O) groups excluding carboxylic acids is 1. The van der Waals surface area contributed by atoms with Gasteiger partial charge in [-0.25, -0.2) is 4.98 Å². The second-order valence-electron chi connectivity index (χ2n) is 5.07. The van der Waals surface area contributed by atoms with Gasteiger partial charge in [-0.05, 0) is 50.5 Å². The third-order valence-electron chi connectivity index (χ3n) is 3.62. The van der Waals surface area contributed by atoms with Gasteiger partial charge in [0.25, 0.3) is 5.91 Å². The second-order valence-corrected chi connectivity index (χ2v) is 6.66. The highest BCUT2D eigenvalue weighted by atomic mass is 79.9. The smallest absolute Gasteiger partial charge is 0.254 e. The number of piperazine rings is 1. The Bertz CT molecular complexity index is 609. The van der Waals surface area contributed by atoms with E-state index in [1.807, 2.05) is 4.90 Å². The Morgan fingerprint density at radius 1 is 1.29 bits per heavy atom. The van der Waals surface area contributed by atoms with Crippen LogP contribution in [0.3, 0.4) is 0 Å². The van der Waals surface area contributed by atoms with Crippen LogP contribution in [0.5, 0.6) is 0 Å². The number of aromatic nitrogens is 1. The number of amides is 1. The molecule has 0 N–H and O–H groups in total. The van der Waals surface area contributed by atoms with Crippen molar-refractivity contribution in [3.05, 3.63) is 50.9 Å². The van der Waals surface area contributed by atoms with E-state index in [4.69, 9.17) is 0 Å². The molecule has 4 nitrogen and oxygen atoms in total. The summed E-state index contributed by atoms with van der Waals surface area (Å²) in [6.07, 6.45) is 1.66. The van der Waals surface area contributed by atoms with Crippen molar-refractivity contribution in [3.8, 4) is 0 Å². The second kappa shape index (κ2) is 6.68. The zero-order valence-electron chi connectivity index (χ0n) is 11.5. The van der Waals surface area contributed by atoms with Crippen LogP contribution >= 0.6 is 27.3 Å². The summed E-state index contributed by atoms with van der Waals surface area (Å²) in [6.45, 7) is 4.39. The molecule has 3 heterocycles. The number of hydrogen-bond acceptors (Lipinski definition) is 4. The molecule has 1 fully saturated rings. The lowest BCUT2D eigenvalue weighted by Crippen LogP contribution is -2.48. The summed E-state index contributed by atoms with van der Waals surface area (Å²) >= 11 is 5.04. The van der Waals surface area contributed by atoms with Gasteiger partial charge in [-0.2, -0.15) is 11.3 Å². The quantitative estimate of drug-likeness (QED) is 0.784. The minimum atomic E-state index is 0.0910. The minimum Gasteiger partial charge on any atom is -0.336 e. The van der Waals surface area contributed by atoms with Crippen molar-refractivity contribution >= 4 is 33.2 Å². The van der Waals surface area contributed by atoms with Gasteiger partial charge in [0.2, 0.25) is 0 Å². The zero-order chi connectivity index (χ0) is 14.7. The monoisotopic (exact) mass is 365 g/mol. The fourth-order valence-corrected chi connectivity index (χ4v) is 3.49. The first-order valence-electron chi connectivity index (χ1n) is 6.86. The standard InChI is InChI=1S/C15H16BrN3OS/c16-14-9-13(1-3-17-14)15(20)19-6-4-18(5-7-19)10-12-2-8-21-11-12/h1-3,8-9,11H,4-7,10H2. The number of carbonyl (C=O) groups is 1. The van der Waals surface area contributed by atoms with E-state index in [2.05, 4.69) is 42.6 Å². The average Bonchev–Trinajstić information content (AvgIpc) is 3.00. The Kier molecular flexibility index (Phi) is 4.67. The van der Waals surface area contributed by atoms with Crippen LogP contribution in [0.1, 0.15) is 15.9 Å². The molecule has 2 aromatic heterocycles. The van der Waals surface area contributed by atoms with Gasteiger partial charge in [0.15, 0.2) is 0 Å². The molecule has 0 saturated carbocycles. The maximum absolute atomic E-state index is 12.4. The van der Waals surface area contributed by atoms with Crippen LogP contribution in [-0.4, -0.2) is 46.9 Å². The largest absolute Gasteiger partial charge is 0.336 e. The van der Waals surface area contributed by atoms with E-state index in [0.29, 0.717) is 10.2 Å². The molecule has 0 radical (unpaired) electrons. The van der Waals surface area contributed by atoms with Crippen molar-refractivity contribution in [1.29, 1.82) is 0 Å². The highest BCUT2D eigenvalue weighted by Gasteiger charge is 2.22. The van der Waals surface area contributed by atoms with Crippen molar-refractivity contribution in [1.82, 2.24) is 14.8 Å². The molecule has 1 saturated heterocycles. The Morgan fingerprint density at radius 2 is 2.10 bits per heavy atom. The van der Waals surface area contributed by atoms with Crippen molar-refractivity contribution in [3.63, 3.8) is 0 Å². The molecule has 2 aromatic rings. The van der Waals surface area contributed by atoms with Crippen molar-refractivity contribution in [2.24, 2.45) is 0 Å². The molecular formula is C15H16BrN3OS. The Hall–Kier alpha value is -1.24. The van der Waals surface area contributed by atoms with Gasteiger partial charge < -0.3 is 4.90 Å². The first-order valence-corrected chi connectivity index (χ1v) is 8.60. The molecule has 1 amide bonds. The fraction of sp³-hybridized carbons (Fsp3) is 0.333. The summed E-state index contributed by atoms with van der Waals surface area (Å²) in [5, 5.41) is 4.29. The van der Waals surface area contributed by atoms with Gasteiger partial charge in [-0.1, -0.05) is 0 Å². The van der Waals surface area contributed by atoms with Crippen LogP contribution < -0.4 is 0 Å². The maximum Gasteiger partial charge on any atom is 0.254 e. The fourth-order valence-electron chi connectivity index (χ4n) is 2.47. The van der Waals surface area contributed by atoms with Crippen LogP contribution in [0.2, 0.25) is 0 Å². The van der Waals surface area contributed by atoms with E-state index in [0.717, 1.165) is 32.7 Å². The van der Waals surface area contributed by atoms with Gasteiger partial charge in [-0.15, -0.1) is 0 Å².